The van der Waals surface area contributed by atoms with E-state index < -0.39 is 0 Å². The molecule has 0 N–H and O–H groups in total. The molecular weight excluding hydrogens is 200 g/mol. The normalized spacial score (nSPS) is 69.9. The molecule has 0 amide bonds. The molecule has 0 aromatic rings. The Morgan fingerprint density at radius 1 is 0.750 bits per heavy atom. The van der Waals surface area contributed by atoms with Crippen LogP contribution in [0.15, 0.2) is 0 Å². The predicted octanol–water partition coefficient (Wildman–Crippen LogP) is 2.22. The highest BCUT2D eigenvalue weighted by Gasteiger charge is 2.65. The van der Waals surface area contributed by atoms with Gasteiger partial charge in [0.1, 0.15) is 0 Å². The number of hydrogen-bond donors (Lipinski definition) is 0. The summed E-state index contributed by atoms with van der Waals surface area (Å²) in [5.41, 5.74) is 0. The predicted molar refractivity (Wildman–Crippen MR) is 58.9 cm³/mol. The molecule has 2 heteroatoms. The molecule has 2 aliphatic heterocycles. The summed E-state index contributed by atoms with van der Waals surface area (Å²) in [4.78, 5) is 0. The van der Waals surface area contributed by atoms with Gasteiger partial charge in [-0.2, -0.15) is 0 Å². The molecule has 5 aliphatic rings. The molecule has 16 heavy (non-hydrogen) atoms. The summed E-state index contributed by atoms with van der Waals surface area (Å²) in [6.07, 6.45) is 8.23. The van der Waals surface area contributed by atoms with E-state index in [9.17, 15) is 0 Å². The van der Waals surface area contributed by atoms with Gasteiger partial charge in [0.15, 0.2) is 0 Å². The zero-order valence-corrected chi connectivity index (χ0v) is 9.84. The minimum absolute atomic E-state index is 0.541. The molecule has 88 valence electrons. The van der Waals surface area contributed by atoms with Crippen LogP contribution < -0.4 is 0 Å². The van der Waals surface area contributed by atoms with Gasteiger partial charge in [-0.3, -0.25) is 0 Å². The molecule has 3 aliphatic carbocycles. The number of rotatable bonds is 1. The first-order valence-corrected chi connectivity index (χ1v) is 7.12. The monoisotopic (exact) mass is 220 g/mol. The van der Waals surface area contributed by atoms with Crippen molar-refractivity contribution in [3.05, 3.63) is 0 Å². The van der Waals surface area contributed by atoms with Crippen LogP contribution in [0, 0.1) is 29.6 Å². The Balaban J connectivity index is 1.42. The Morgan fingerprint density at radius 3 is 2.19 bits per heavy atom. The molecule has 0 radical (unpaired) electrons. The van der Waals surface area contributed by atoms with E-state index in [1.165, 1.54) is 25.7 Å². The van der Waals surface area contributed by atoms with Crippen molar-refractivity contribution in [2.24, 2.45) is 29.6 Å². The fourth-order valence-electron chi connectivity index (χ4n) is 5.74. The van der Waals surface area contributed by atoms with Crippen molar-refractivity contribution < 1.29 is 9.47 Å². The quantitative estimate of drug-likeness (QED) is 0.632. The molecule has 4 bridgehead atoms. The first-order chi connectivity index (χ1) is 7.81. The highest BCUT2D eigenvalue weighted by molar-refractivity contribution is 5.13. The van der Waals surface area contributed by atoms with E-state index in [0.717, 1.165) is 29.6 Å². The fourth-order valence-corrected chi connectivity index (χ4v) is 5.74. The third kappa shape index (κ3) is 0.932. The molecule has 5 fully saturated rings. The van der Waals surface area contributed by atoms with Crippen molar-refractivity contribution in [3.63, 3.8) is 0 Å². The van der Waals surface area contributed by atoms with Gasteiger partial charge in [0.2, 0.25) is 0 Å². The maximum Gasteiger partial charge on any atom is 0.0875 e. The third-order valence-electron chi connectivity index (χ3n) is 6.33. The second-order valence-electron chi connectivity index (χ2n) is 6.89. The molecule has 0 aromatic carbocycles. The lowest BCUT2D eigenvalue weighted by molar-refractivity contribution is -0.0275. The zero-order chi connectivity index (χ0) is 10.4. The van der Waals surface area contributed by atoms with E-state index in [4.69, 9.17) is 9.47 Å². The second kappa shape index (κ2) is 2.67. The Hall–Kier alpha value is -0.0800. The number of fused-ring (bicyclic) bond motifs is 7. The fraction of sp³-hybridized carbons (Fsp3) is 1.00. The van der Waals surface area contributed by atoms with E-state index in [2.05, 4.69) is 6.92 Å². The molecule has 9 unspecified atom stereocenters. The molecule has 0 spiro atoms. The first-order valence-electron chi connectivity index (χ1n) is 7.12. The lowest BCUT2D eigenvalue weighted by Crippen LogP contribution is -2.34. The number of epoxide rings is 1. The summed E-state index contributed by atoms with van der Waals surface area (Å²) in [6, 6.07) is 0. The van der Waals surface area contributed by atoms with Crippen LogP contribution in [0.25, 0.3) is 0 Å². The van der Waals surface area contributed by atoms with Crippen LogP contribution in [-0.4, -0.2) is 24.4 Å². The van der Waals surface area contributed by atoms with Gasteiger partial charge in [-0.1, -0.05) is 0 Å². The van der Waals surface area contributed by atoms with Crippen LogP contribution in [0.4, 0.5) is 0 Å². The van der Waals surface area contributed by atoms with Crippen LogP contribution in [0.1, 0.15) is 32.6 Å². The molecule has 0 aromatic heterocycles. The highest BCUT2D eigenvalue weighted by atomic mass is 16.6. The molecule has 2 heterocycles. The van der Waals surface area contributed by atoms with Crippen LogP contribution in [0.3, 0.4) is 0 Å². The number of ether oxygens (including phenoxy) is 2. The molecule has 9 atom stereocenters. The lowest BCUT2D eigenvalue weighted by Gasteiger charge is -2.35. The second-order valence-corrected chi connectivity index (χ2v) is 6.89. The Bertz CT molecular complexity index is 334. The lowest BCUT2D eigenvalue weighted by atomic mass is 9.73. The molecule has 2 saturated heterocycles. The molecule has 2 nitrogen and oxygen atoms in total. The van der Waals surface area contributed by atoms with Crippen molar-refractivity contribution in [3.8, 4) is 0 Å². The van der Waals surface area contributed by atoms with Crippen LogP contribution in [-0.2, 0) is 9.47 Å². The summed E-state index contributed by atoms with van der Waals surface area (Å²) >= 11 is 0. The summed E-state index contributed by atoms with van der Waals surface area (Å²) < 4.78 is 11.7. The Kier molecular flexibility index (Phi) is 1.49. The van der Waals surface area contributed by atoms with Gasteiger partial charge in [0, 0.05) is 0 Å². The smallest absolute Gasteiger partial charge is 0.0875 e. The van der Waals surface area contributed by atoms with Gasteiger partial charge in [-0.05, 0) is 62.2 Å². The minimum Gasteiger partial charge on any atom is -0.375 e. The van der Waals surface area contributed by atoms with Gasteiger partial charge in [0.25, 0.3) is 0 Å². The largest absolute Gasteiger partial charge is 0.375 e. The summed E-state index contributed by atoms with van der Waals surface area (Å²) in [7, 11) is 0. The van der Waals surface area contributed by atoms with E-state index >= 15 is 0 Å². The first kappa shape index (κ1) is 8.93. The molecule has 5 rings (SSSR count). The molecule has 3 saturated carbocycles. The SMILES string of the molecule is CC1OC2CC1C(C1CC3CC1C1OC31)C2. The van der Waals surface area contributed by atoms with Gasteiger partial charge >= 0.3 is 0 Å². The van der Waals surface area contributed by atoms with Crippen molar-refractivity contribution >= 4 is 0 Å². The average Bonchev–Trinajstić information content (AvgIpc) is 2.66. The van der Waals surface area contributed by atoms with Crippen LogP contribution in [0.2, 0.25) is 0 Å². The van der Waals surface area contributed by atoms with Gasteiger partial charge in [0.05, 0.1) is 24.4 Å². The standard InChI is InChI=1S/C14H20O2/c1-6-9-4-8(15-6)5-11(9)10-2-7-3-12(10)14-13(7)16-14/h6-14H,2-5H2,1H3. The van der Waals surface area contributed by atoms with E-state index in [1.54, 1.807) is 0 Å². The average molecular weight is 220 g/mol. The topological polar surface area (TPSA) is 21.8 Å². The van der Waals surface area contributed by atoms with Crippen molar-refractivity contribution in [1.29, 1.82) is 0 Å². The van der Waals surface area contributed by atoms with Crippen molar-refractivity contribution in [2.75, 3.05) is 0 Å². The van der Waals surface area contributed by atoms with E-state index in [-0.39, 0.29) is 0 Å². The minimum atomic E-state index is 0.541. The van der Waals surface area contributed by atoms with Crippen LogP contribution >= 0.6 is 0 Å². The summed E-state index contributed by atoms with van der Waals surface area (Å²) in [5, 5.41) is 0. The zero-order valence-electron chi connectivity index (χ0n) is 9.84. The Morgan fingerprint density at radius 2 is 1.50 bits per heavy atom. The van der Waals surface area contributed by atoms with Gasteiger partial charge in [-0.15, -0.1) is 0 Å². The highest BCUT2D eigenvalue weighted by Crippen LogP contribution is 2.63. The van der Waals surface area contributed by atoms with E-state index in [0.29, 0.717) is 24.4 Å². The molecular formula is C14H20O2. The number of hydrogen-bond acceptors (Lipinski definition) is 2. The van der Waals surface area contributed by atoms with Crippen LogP contribution in [0.5, 0.6) is 0 Å². The van der Waals surface area contributed by atoms with Gasteiger partial charge in [-0.25, -0.2) is 0 Å². The maximum absolute atomic E-state index is 5.94. The van der Waals surface area contributed by atoms with Crippen molar-refractivity contribution in [1.82, 2.24) is 0 Å². The third-order valence-corrected chi connectivity index (χ3v) is 6.33. The van der Waals surface area contributed by atoms with Crippen molar-refractivity contribution in [2.45, 2.75) is 57.0 Å². The summed E-state index contributed by atoms with van der Waals surface area (Å²) in [6.45, 7) is 2.29. The Labute approximate surface area is 96.7 Å². The summed E-state index contributed by atoms with van der Waals surface area (Å²) in [5.74, 6) is 4.73. The maximum atomic E-state index is 5.94. The van der Waals surface area contributed by atoms with Gasteiger partial charge < -0.3 is 9.47 Å². The van der Waals surface area contributed by atoms with E-state index in [1.807, 2.05) is 0 Å².